The molecular formula is C16H27BrN2. The smallest absolute Gasteiger partial charge is 0.0422 e. The quantitative estimate of drug-likeness (QED) is 0.852. The maximum atomic E-state index is 3.58. The molecule has 0 aliphatic carbocycles. The zero-order valence-corrected chi connectivity index (χ0v) is 14.6. The summed E-state index contributed by atoms with van der Waals surface area (Å²) in [6, 6.07) is 7.08. The minimum atomic E-state index is 0.138. The van der Waals surface area contributed by atoms with E-state index in [9.17, 15) is 0 Å². The van der Waals surface area contributed by atoms with Gasteiger partial charge in [-0.05, 0) is 51.8 Å². The van der Waals surface area contributed by atoms with Crippen LogP contribution >= 0.6 is 15.9 Å². The Hall–Kier alpha value is -0.540. The van der Waals surface area contributed by atoms with Crippen LogP contribution in [0.5, 0.6) is 0 Å². The number of hydrogen-bond acceptors (Lipinski definition) is 2. The molecule has 3 heteroatoms. The zero-order valence-electron chi connectivity index (χ0n) is 13.0. The van der Waals surface area contributed by atoms with Gasteiger partial charge in [0.15, 0.2) is 0 Å². The third-order valence-corrected chi connectivity index (χ3v) is 3.98. The van der Waals surface area contributed by atoms with Crippen LogP contribution in [0, 0.1) is 0 Å². The van der Waals surface area contributed by atoms with Crippen LogP contribution in [-0.4, -0.2) is 18.6 Å². The van der Waals surface area contributed by atoms with Gasteiger partial charge in [-0.15, -0.1) is 0 Å². The normalized spacial score (nSPS) is 13.4. The molecule has 1 N–H and O–H groups in total. The fourth-order valence-corrected chi connectivity index (χ4v) is 2.24. The molecule has 1 aromatic carbocycles. The second-order valence-electron chi connectivity index (χ2n) is 6.24. The van der Waals surface area contributed by atoms with Crippen LogP contribution in [0.25, 0.3) is 0 Å². The molecule has 1 unspecified atom stereocenters. The van der Waals surface area contributed by atoms with Gasteiger partial charge in [0.1, 0.15) is 0 Å². The number of hydrogen-bond donors (Lipinski definition) is 1. The van der Waals surface area contributed by atoms with Gasteiger partial charge in [-0.1, -0.05) is 28.9 Å². The number of nitrogens with one attached hydrogen (secondary N) is 1. The number of halogens is 1. The van der Waals surface area contributed by atoms with Crippen molar-refractivity contribution in [2.75, 3.05) is 11.9 Å². The van der Waals surface area contributed by atoms with E-state index in [0.29, 0.717) is 6.04 Å². The molecule has 0 heterocycles. The molecule has 0 aromatic heterocycles. The largest absolute Gasteiger partial charge is 0.372 e. The van der Waals surface area contributed by atoms with Crippen molar-refractivity contribution in [2.24, 2.45) is 0 Å². The highest BCUT2D eigenvalue weighted by Crippen LogP contribution is 2.26. The van der Waals surface area contributed by atoms with Crippen LogP contribution in [0.3, 0.4) is 0 Å². The molecule has 0 spiro atoms. The number of anilines is 1. The summed E-state index contributed by atoms with van der Waals surface area (Å²) in [5.41, 5.74) is 2.79. The van der Waals surface area contributed by atoms with Crippen LogP contribution in [0.2, 0.25) is 0 Å². The van der Waals surface area contributed by atoms with Gasteiger partial charge in [-0.2, -0.15) is 0 Å². The number of benzene rings is 1. The lowest BCUT2D eigenvalue weighted by Gasteiger charge is -2.30. The topological polar surface area (TPSA) is 15.3 Å². The molecule has 0 saturated heterocycles. The molecule has 0 radical (unpaired) electrons. The molecule has 1 rings (SSSR count). The molecule has 0 fully saturated rings. The highest BCUT2D eigenvalue weighted by atomic mass is 79.9. The van der Waals surface area contributed by atoms with Crippen molar-refractivity contribution in [1.29, 1.82) is 0 Å². The van der Waals surface area contributed by atoms with Gasteiger partial charge in [-0.3, -0.25) is 0 Å². The molecule has 1 atom stereocenters. The first-order valence-corrected chi connectivity index (χ1v) is 7.80. The summed E-state index contributed by atoms with van der Waals surface area (Å²) in [4.78, 5) is 2.37. The van der Waals surface area contributed by atoms with Gasteiger partial charge in [0, 0.05) is 35.3 Å². The van der Waals surface area contributed by atoms with Gasteiger partial charge < -0.3 is 10.2 Å². The number of nitrogens with zero attached hydrogens (tertiary/aromatic N) is 1. The van der Waals surface area contributed by atoms with Crippen LogP contribution in [0.4, 0.5) is 5.69 Å². The second-order valence-corrected chi connectivity index (χ2v) is 7.16. The molecule has 0 saturated carbocycles. The monoisotopic (exact) mass is 326 g/mol. The third kappa shape index (κ3) is 5.15. The minimum absolute atomic E-state index is 0.138. The van der Waals surface area contributed by atoms with Gasteiger partial charge in [0.05, 0.1) is 0 Å². The Morgan fingerprint density at radius 3 is 2.47 bits per heavy atom. The predicted molar refractivity (Wildman–Crippen MR) is 88.9 cm³/mol. The lowest BCUT2D eigenvalue weighted by atomic mass is 10.1. The average Bonchev–Trinajstić information content (AvgIpc) is 2.34. The van der Waals surface area contributed by atoms with E-state index in [-0.39, 0.29) is 5.54 Å². The maximum absolute atomic E-state index is 3.58. The highest BCUT2D eigenvalue weighted by Gasteiger charge is 2.15. The van der Waals surface area contributed by atoms with E-state index >= 15 is 0 Å². The molecule has 0 amide bonds. The SMILES string of the molecule is CCC(C)N(C)c1cc(Br)ccc1CNC(C)(C)C. The first-order valence-electron chi connectivity index (χ1n) is 7.01. The van der Waals surface area contributed by atoms with E-state index < -0.39 is 0 Å². The van der Waals surface area contributed by atoms with E-state index in [0.717, 1.165) is 17.4 Å². The van der Waals surface area contributed by atoms with Gasteiger partial charge >= 0.3 is 0 Å². The Bertz CT molecular complexity index is 410. The molecule has 108 valence electrons. The fourth-order valence-electron chi connectivity index (χ4n) is 1.89. The lowest BCUT2D eigenvalue weighted by molar-refractivity contribution is 0.424. The first kappa shape index (κ1) is 16.5. The van der Waals surface area contributed by atoms with Crippen molar-refractivity contribution >= 4 is 21.6 Å². The van der Waals surface area contributed by atoms with Gasteiger partial charge in [0.2, 0.25) is 0 Å². The van der Waals surface area contributed by atoms with E-state index in [1.54, 1.807) is 0 Å². The van der Waals surface area contributed by atoms with Gasteiger partial charge in [0.25, 0.3) is 0 Å². The van der Waals surface area contributed by atoms with E-state index in [1.807, 2.05) is 0 Å². The summed E-state index contributed by atoms with van der Waals surface area (Å²) in [5.74, 6) is 0. The molecule has 2 nitrogen and oxygen atoms in total. The molecule has 0 aliphatic heterocycles. The van der Waals surface area contributed by atoms with Crippen molar-refractivity contribution in [3.8, 4) is 0 Å². The average molecular weight is 327 g/mol. The highest BCUT2D eigenvalue weighted by molar-refractivity contribution is 9.10. The van der Waals surface area contributed by atoms with Crippen molar-refractivity contribution in [1.82, 2.24) is 5.32 Å². The third-order valence-electron chi connectivity index (χ3n) is 3.49. The van der Waals surface area contributed by atoms with Crippen LogP contribution in [0.1, 0.15) is 46.6 Å². The van der Waals surface area contributed by atoms with Crippen LogP contribution in [-0.2, 0) is 6.54 Å². The summed E-state index contributed by atoms with van der Waals surface area (Å²) >= 11 is 3.58. The Morgan fingerprint density at radius 1 is 1.32 bits per heavy atom. The summed E-state index contributed by atoms with van der Waals surface area (Å²) < 4.78 is 1.14. The summed E-state index contributed by atoms with van der Waals surface area (Å²) in [6.45, 7) is 12.0. The minimum Gasteiger partial charge on any atom is -0.372 e. The Balaban J connectivity index is 2.97. The van der Waals surface area contributed by atoms with Crippen molar-refractivity contribution in [3.63, 3.8) is 0 Å². The second kappa shape index (κ2) is 6.76. The van der Waals surface area contributed by atoms with Crippen LogP contribution in [0.15, 0.2) is 22.7 Å². The summed E-state index contributed by atoms with van der Waals surface area (Å²) in [6.07, 6.45) is 1.15. The van der Waals surface area contributed by atoms with E-state index in [2.05, 4.69) is 86.0 Å². The molecule has 0 bridgehead atoms. The Morgan fingerprint density at radius 2 is 1.95 bits per heavy atom. The zero-order chi connectivity index (χ0) is 14.6. The summed E-state index contributed by atoms with van der Waals surface area (Å²) in [5, 5.41) is 3.57. The predicted octanol–water partition coefficient (Wildman–Crippen LogP) is 4.57. The lowest BCUT2D eigenvalue weighted by Crippen LogP contribution is -2.36. The summed E-state index contributed by atoms with van der Waals surface area (Å²) in [7, 11) is 2.18. The molecule has 1 aromatic rings. The molecule has 0 aliphatic rings. The maximum Gasteiger partial charge on any atom is 0.0422 e. The van der Waals surface area contributed by atoms with Crippen molar-refractivity contribution in [3.05, 3.63) is 28.2 Å². The Kier molecular flexibility index (Phi) is 5.87. The van der Waals surface area contributed by atoms with Crippen molar-refractivity contribution in [2.45, 2.75) is 59.2 Å². The van der Waals surface area contributed by atoms with Crippen LogP contribution < -0.4 is 10.2 Å². The molecular weight excluding hydrogens is 300 g/mol. The number of rotatable bonds is 5. The Labute approximate surface area is 126 Å². The standard InChI is InChI=1S/C16H27BrN2/c1-7-12(2)19(6)15-10-14(17)9-8-13(15)11-18-16(3,4)5/h8-10,12,18H,7,11H2,1-6H3. The first-order chi connectivity index (χ1) is 8.74. The van der Waals surface area contributed by atoms with E-state index in [1.165, 1.54) is 11.3 Å². The molecule has 19 heavy (non-hydrogen) atoms. The fraction of sp³-hybridized carbons (Fsp3) is 0.625. The van der Waals surface area contributed by atoms with Gasteiger partial charge in [-0.25, -0.2) is 0 Å². The van der Waals surface area contributed by atoms with Crippen molar-refractivity contribution < 1.29 is 0 Å². The van der Waals surface area contributed by atoms with E-state index in [4.69, 9.17) is 0 Å².